The van der Waals surface area contributed by atoms with E-state index in [9.17, 15) is 5.11 Å². The molecule has 1 atom stereocenters. The van der Waals surface area contributed by atoms with E-state index in [-0.39, 0.29) is 0 Å². The van der Waals surface area contributed by atoms with Crippen LogP contribution in [0.3, 0.4) is 0 Å². The van der Waals surface area contributed by atoms with Crippen molar-refractivity contribution in [1.29, 1.82) is 0 Å². The lowest BCUT2D eigenvalue weighted by molar-refractivity contribution is 0.475. The number of hydrogen-bond donors (Lipinski definition) is 3. The Bertz CT molecular complexity index is 349. The molecule has 1 aromatic carbocycles. The molecule has 82 valence electrons. The Morgan fingerprint density at radius 3 is 2.87 bits per heavy atom. The molecule has 0 aromatic heterocycles. The van der Waals surface area contributed by atoms with Crippen molar-refractivity contribution in [3.8, 4) is 5.75 Å². The zero-order valence-corrected chi connectivity index (χ0v) is 9.25. The molecule has 3 N–H and O–H groups in total. The molecule has 0 saturated heterocycles. The molecule has 3 nitrogen and oxygen atoms in total. The van der Waals surface area contributed by atoms with Crippen LogP contribution in [0.1, 0.15) is 20.3 Å². The minimum Gasteiger partial charge on any atom is -0.508 e. The molecule has 1 aromatic rings. The number of nitrogens with one attached hydrogen (secondary N) is 2. The summed E-state index contributed by atoms with van der Waals surface area (Å²) in [5.41, 5.74) is 2.09. The molecule has 1 unspecified atom stereocenters. The van der Waals surface area contributed by atoms with E-state index in [0.29, 0.717) is 17.7 Å². The van der Waals surface area contributed by atoms with Gasteiger partial charge in [-0.05, 0) is 24.5 Å². The van der Waals surface area contributed by atoms with E-state index < -0.39 is 0 Å². The monoisotopic (exact) mass is 206 g/mol. The lowest BCUT2D eigenvalue weighted by atomic mass is 10.0. The number of aromatic hydroxyl groups is 1. The topological polar surface area (TPSA) is 44.3 Å². The van der Waals surface area contributed by atoms with Crippen LogP contribution in [-0.2, 0) is 0 Å². The smallest absolute Gasteiger partial charge is 0.117 e. The van der Waals surface area contributed by atoms with E-state index >= 15 is 0 Å². The highest BCUT2D eigenvalue weighted by molar-refractivity contribution is 5.71. The molecule has 1 aliphatic rings. The van der Waals surface area contributed by atoms with Gasteiger partial charge in [0.2, 0.25) is 0 Å². The number of phenols is 1. The first-order chi connectivity index (χ1) is 7.16. The third-order valence-corrected chi connectivity index (χ3v) is 2.92. The van der Waals surface area contributed by atoms with Gasteiger partial charge in [-0.15, -0.1) is 0 Å². The zero-order valence-electron chi connectivity index (χ0n) is 9.25. The van der Waals surface area contributed by atoms with E-state index in [1.165, 1.54) is 0 Å². The van der Waals surface area contributed by atoms with Crippen molar-refractivity contribution in [2.75, 3.05) is 17.2 Å². The summed E-state index contributed by atoms with van der Waals surface area (Å²) in [5.74, 6) is 0.910. The van der Waals surface area contributed by atoms with Crippen LogP contribution in [0.15, 0.2) is 18.2 Å². The maximum atomic E-state index is 9.44. The minimum absolute atomic E-state index is 0.312. The maximum absolute atomic E-state index is 9.44. The van der Waals surface area contributed by atoms with E-state index in [0.717, 1.165) is 24.3 Å². The first-order valence-corrected chi connectivity index (χ1v) is 5.50. The Balaban J connectivity index is 2.27. The lowest BCUT2D eigenvalue weighted by Crippen LogP contribution is -2.25. The van der Waals surface area contributed by atoms with Gasteiger partial charge in [0, 0.05) is 18.7 Å². The summed E-state index contributed by atoms with van der Waals surface area (Å²) in [4.78, 5) is 0. The average molecular weight is 206 g/mol. The van der Waals surface area contributed by atoms with E-state index in [1.807, 2.05) is 6.07 Å². The van der Waals surface area contributed by atoms with Crippen molar-refractivity contribution in [2.24, 2.45) is 5.92 Å². The van der Waals surface area contributed by atoms with Crippen LogP contribution >= 0.6 is 0 Å². The van der Waals surface area contributed by atoms with Crippen molar-refractivity contribution in [2.45, 2.75) is 26.3 Å². The first kappa shape index (κ1) is 10.1. The molecule has 1 aliphatic heterocycles. The number of benzene rings is 1. The molecule has 0 bridgehead atoms. The fourth-order valence-corrected chi connectivity index (χ4v) is 1.94. The Labute approximate surface area is 90.5 Å². The molecular weight excluding hydrogens is 188 g/mol. The Kier molecular flexibility index (Phi) is 2.71. The molecule has 0 saturated carbocycles. The second kappa shape index (κ2) is 4.01. The number of phenolic OH excluding ortho intramolecular Hbond substituents is 1. The van der Waals surface area contributed by atoms with Crippen LogP contribution in [-0.4, -0.2) is 17.7 Å². The molecule has 2 rings (SSSR count). The molecule has 0 aliphatic carbocycles. The van der Waals surface area contributed by atoms with Gasteiger partial charge in [0.25, 0.3) is 0 Å². The van der Waals surface area contributed by atoms with Crippen LogP contribution in [0.5, 0.6) is 5.75 Å². The fraction of sp³-hybridized carbons (Fsp3) is 0.500. The van der Waals surface area contributed by atoms with E-state index in [4.69, 9.17) is 0 Å². The maximum Gasteiger partial charge on any atom is 0.117 e. The van der Waals surface area contributed by atoms with Crippen LogP contribution < -0.4 is 10.6 Å². The summed E-state index contributed by atoms with van der Waals surface area (Å²) in [7, 11) is 0. The van der Waals surface area contributed by atoms with Crippen LogP contribution in [0.4, 0.5) is 11.4 Å². The van der Waals surface area contributed by atoms with Crippen molar-refractivity contribution in [3.63, 3.8) is 0 Å². The van der Waals surface area contributed by atoms with Gasteiger partial charge in [-0.25, -0.2) is 0 Å². The highest BCUT2D eigenvalue weighted by atomic mass is 16.3. The molecule has 0 radical (unpaired) electrons. The number of hydrogen-bond acceptors (Lipinski definition) is 3. The van der Waals surface area contributed by atoms with Gasteiger partial charge in [0.05, 0.1) is 11.4 Å². The summed E-state index contributed by atoms with van der Waals surface area (Å²) < 4.78 is 0. The first-order valence-electron chi connectivity index (χ1n) is 5.50. The quantitative estimate of drug-likeness (QED) is 0.619. The van der Waals surface area contributed by atoms with Crippen molar-refractivity contribution in [3.05, 3.63) is 18.2 Å². The van der Waals surface area contributed by atoms with Crippen LogP contribution in [0.25, 0.3) is 0 Å². The molecule has 1 heterocycles. The Morgan fingerprint density at radius 1 is 1.33 bits per heavy atom. The highest BCUT2D eigenvalue weighted by Gasteiger charge is 2.18. The normalized spacial score (nSPS) is 20.1. The third-order valence-electron chi connectivity index (χ3n) is 2.92. The van der Waals surface area contributed by atoms with Crippen molar-refractivity contribution < 1.29 is 5.11 Å². The van der Waals surface area contributed by atoms with Crippen LogP contribution in [0, 0.1) is 5.92 Å². The molecular formula is C12H18N2O. The lowest BCUT2D eigenvalue weighted by Gasteiger charge is -2.21. The Hall–Kier alpha value is -1.38. The van der Waals surface area contributed by atoms with Gasteiger partial charge in [-0.3, -0.25) is 0 Å². The summed E-state index contributed by atoms with van der Waals surface area (Å²) in [6.45, 7) is 5.41. The van der Waals surface area contributed by atoms with Crippen molar-refractivity contribution >= 4 is 11.4 Å². The van der Waals surface area contributed by atoms with Crippen LogP contribution in [0.2, 0.25) is 0 Å². The van der Waals surface area contributed by atoms with E-state index in [1.54, 1.807) is 12.1 Å². The summed E-state index contributed by atoms with van der Waals surface area (Å²) >= 11 is 0. The number of rotatable bonds is 1. The summed E-state index contributed by atoms with van der Waals surface area (Å²) in [5, 5.41) is 16.3. The average Bonchev–Trinajstić information content (AvgIpc) is 2.39. The number of fused-ring (bicyclic) bond motifs is 1. The SMILES string of the molecule is CC(C)C1CCNc2ccc(O)cc2N1. The fourth-order valence-electron chi connectivity index (χ4n) is 1.94. The largest absolute Gasteiger partial charge is 0.508 e. The Morgan fingerprint density at radius 2 is 2.13 bits per heavy atom. The standard InChI is InChI=1S/C12H18N2O/c1-8(2)10-5-6-13-11-4-3-9(15)7-12(11)14-10/h3-4,7-8,10,13-15H,5-6H2,1-2H3. The third kappa shape index (κ3) is 2.17. The van der Waals surface area contributed by atoms with E-state index in [2.05, 4.69) is 24.5 Å². The second-order valence-electron chi connectivity index (χ2n) is 4.44. The van der Waals surface area contributed by atoms with Gasteiger partial charge < -0.3 is 15.7 Å². The molecule has 0 amide bonds. The van der Waals surface area contributed by atoms with Gasteiger partial charge in [0.15, 0.2) is 0 Å². The van der Waals surface area contributed by atoms with Crippen molar-refractivity contribution in [1.82, 2.24) is 0 Å². The summed E-state index contributed by atoms with van der Waals surface area (Å²) in [6, 6.07) is 5.88. The second-order valence-corrected chi connectivity index (χ2v) is 4.44. The van der Waals surface area contributed by atoms with Gasteiger partial charge in [0.1, 0.15) is 5.75 Å². The van der Waals surface area contributed by atoms with Gasteiger partial charge in [-0.2, -0.15) is 0 Å². The molecule has 0 fully saturated rings. The molecule has 15 heavy (non-hydrogen) atoms. The van der Waals surface area contributed by atoms with Gasteiger partial charge >= 0.3 is 0 Å². The predicted octanol–water partition coefficient (Wildman–Crippen LogP) is 2.64. The zero-order chi connectivity index (χ0) is 10.8. The number of anilines is 2. The predicted molar refractivity (Wildman–Crippen MR) is 63.5 cm³/mol. The molecule has 0 spiro atoms. The highest BCUT2D eigenvalue weighted by Crippen LogP contribution is 2.30. The molecule has 3 heteroatoms. The van der Waals surface area contributed by atoms with Gasteiger partial charge in [-0.1, -0.05) is 13.8 Å². The minimum atomic E-state index is 0.312. The summed E-state index contributed by atoms with van der Waals surface area (Å²) in [6.07, 6.45) is 1.10.